The van der Waals surface area contributed by atoms with Crippen LogP contribution < -0.4 is 0 Å². The molecule has 0 saturated heterocycles. The third kappa shape index (κ3) is 4.17. The molecule has 15 heavy (non-hydrogen) atoms. The molecule has 0 saturated carbocycles. The minimum atomic E-state index is 0.226. The van der Waals surface area contributed by atoms with E-state index in [0.29, 0.717) is 24.5 Å². The molecule has 0 bridgehead atoms. The summed E-state index contributed by atoms with van der Waals surface area (Å²) in [7, 11) is 0. The van der Waals surface area contributed by atoms with Crippen LogP contribution >= 0.6 is 11.3 Å². The summed E-state index contributed by atoms with van der Waals surface area (Å²) in [6, 6.07) is 2.03. The first-order valence-corrected chi connectivity index (χ1v) is 6.36. The molecule has 0 radical (unpaired) electrons. The minimum absolute atomic E-state index is 0.226. The van der Waals surface area contributed by atoms with E-state index < -0.39 is 0 Å². The lowest BCUT2D eigenvalue weighted by atomic mass is 9.79. The minimum Gasteiger partial charge on any atom is -0.299 e. The second kappa shape index (κ2) is 4.93. The smallest absolute Gasteiger partial charge is 0.137 e. The van der Waals surface area contributed by atoms with Crippen LogP contribution in [-0.2, 0) is 11.2 Å². The van der Waals surface area contributed by atoms with Gasteiger partial charge in [0, 0.05) is 12.8 Å². The first-order chi connectivity index (χ1) is 6.89. The fourth-order valence-corrected chi connectivity index (χ4v) is 2.01. The Kier molecular flexibility index (Phi) is 4.09. The molecule has 1 heterocycles. The van der Waals surface area contributed by atoms with Gasteiger partial charge in [0.05, 0.1) is 0 Å². The Balaban J connectivity index is 2.43. The SMILES string of the molecule is CC(CC(=O)Cc1ccsc1)C(C)(C)C. The van der Waals surface area contributed by atoms with E-state index in [-0.39, 0.29) is 5.41 Å². The number of ketones is 1. The highest BCUT2D eigenvalue weighted by Crippen LogP contribution is 2.28. The lowest BCUT2D eigenvalue weighted by Crippen LogP contribution is -2.21. The molecule has 1 nitrogen and oxygen atoms in total. The molecule has 1 aromatic heterocycles. The van der Waals surface area contributed by atoms with E-state index in [1.807, 2.05) is 11.4 Å². The second-order valence-corrected chi connectivity index (χ2v) is 6.10. The predicted octanol–water partition coefficient (Wildman–Crippen LogP) is 3.93. The van der Waals surface area contributed by atoms with E-state index >= 15 is 0 Å². The molecule has 0 amide bonds. The summed E-state index contributed by atoms with van der Waals surface area (Å²) in [6.07, 6.45) is 1.29. The van der Waals surface area contributed by atoms with Gasteiger partial charge in [0.25, 0.3) is 0 Å². The number of hydrogen-bond donors (Lipinski definition) is 0. The van der Waals surface area contributed by atoms with Gasteiger partial charge in [-0.2, -0.15) is 11.3 Å². The summed E-state index contributed by atoms with van der Waals surface area (Å²) in [5.41, 5.74) is 1.38. The van der Waals surface area contributed by atoms with Crippen LogP contribution in [0.15, 0.2) is 16.8 Å². The average Bonchev–Trinajstić information content (AvgIpc) is 2.54. The number of carbonyl (C=O) groups excluding carboxylic acids is 1. The Morgan fingerprint density at radius 2 is 2.13 bits per heavy atom. The molecular formula is C13H20OS. The van der Waals surface area contributed by atoms with Gasteiger partial charge in [0.2, 0.25) is 0 Å². The highest BCUT2D eigenvalue weighted by Gasteiger charge is 2.22. The van der Waals surface area contributed by atoms with Crippen LogP contribution in [0.2, 0.25) is 0 Å². The highest BCUT2D eigenvalue weighted by atomic mass is 32.1. The molecule has 0 fully saturated rings. The van der Waals surface area contributed by atoms with Crippen molar-refractivity contribution in [2.45, 2.75) is 40.5 Å². The summed E-state index contributed by atoms with van der Waals surface area (Å²) >= 11 is 1.65. The van der Waals surface area contributed by atoms with Crippen molar-refractivity contribution in [3.05, 3.63) is 22.4 Å². The van der Waals surface area contributed by atoms with E-state index in [1.54, 1.807) is 11.3 Å². The van der Waals surface area contributed by atoms with E-state index in [9.17, 15) is 4.79 Å². The van der Waals surface area contributed by atoms with Crippen LogP contribution in [0.3, 0.4) is 0 Å². The molecule has 0 aliphatic heterocycles. The summed E-state index contributed by atoms with van der Waals surface area (Å²) < 4.78 is 0. The van der Waals surface area contributed by atoms with Crippen LogP contribution in [0.4, 0.5) is 0 Å². The number of Topliss-reactive ketones (excluding diaryl/α,β-unsaturated/α-hetero) is 1. The average molecular weight is 224 g/mol. The lowest BCUT2D eigenvalue weighted by Gasteiger charge is -2.26. The largest absolute Gasteiger partial charge is 0.299 e. The molecule has 1 aromatic rings. The van der Waals surface area contributed by atoms with Gasteiger partial charge < -0.3 is 0 Å². The van der Waals surface area contributed by atoms with Crippen LogP contribution in [0.5, 0.6) is 0 Å². The zero-order chi connectivity index (χ0) is 11.5. The summed E-state index contributed by atoms with van der Waals surface area (Å²) in [4.78, 5) is 11.8. The van der Waals surface area contributed by atoms with Crippen molar-refractivity contribution in [3.8, 4) is 0 Å². The maximum atomic E-state index is 11.8. The first-order valence-electron chi connectivity index (χ1n) is 5.42. The number of hydrogen-bond acceptors (Lipinski definition) is 2. The number of thiophene rings is 1. The fraction of sp³-hybridized carbons (Fsp3) is 0.615. The van der Waals surface area contributed by atoms with E-state index in [2.05, 4.69) is 33.1 Å². The van der Waals surface area contributed by atoms with Gasteiger partial charge in [-0.25, -0.2) is 0 Å². The Morgan fingerprint density at radius 1 is 1.47 bits per heavy atom. The summed E-state index contributed by atoms with van der Waals surface area (Å²) in [5, 5.41) is 4.08. The van der Waals surface area contributed by atoms with E-state index in [1.165, 1.54) is 0 Å². The maximum absolute atomic E-state index is 11.8. The molecule has 1 unspecified atom stereocenters. The van der Waals surface area contributed by atoms with Gasteiger partial charge in [0.15, 0.2) is 0 Å². The van der Waals surface area contributed by atoms with Crippen molar-refractivity contribution in [2.75, 3.05) is 0 Å². The normalized spacial score (nSPS) is 13.9. The second-order valence-electron chi connectivity index (χ2n) is 5.32. The molecule has 0 spiro atoms. The molecule has 1 atom stereocenters. The Hall–Kier alpha value is -0.630. The standard InChI is InChI=1S/C13H20OS/c1-10(13(2,3)4)7-12(14)8-11-5-6-15-9-11/h5-6,9-10H,7-8H2,1-4H3. The summed E-state index contributed by atoms with van der Waals surface area (Å²) in [6.45, 7) is 8.73. The number of rotatable bonds is 4. The van der Waals surface area contributed by atoms with E-state index in [4.69, 9.17) is 0 Å². The molecule has 0 aliphatic carbocycles. The highest BCUT2D eigenvalue weighted by molar-refractivity contribution is 7.07. The molecule has 0 aromatic carbocycles. The van der Waals surface area contributed by atoms with Gasteiger partial charge in [0.1, 0.15) is 5.78 Å². The first kappa shape index (κ1) is 12.4. The zero-order valence-corrected chi connectivity index (χ0v) is 10.9. The Morgan fingerprint density at radius 3 is 2.60 bits per heavy atom. The molecule has 84 valence electrons. The zero-order valence-electron chi connectivity index (χ0n) is 10.0. The van der Waals surface area contributed by atoms with Crippen molar-refractivity contribution < 1.29 is 4.79 Å². The predicted molar refractivity (Wildman–Crippen MR) is 66.3 cm³/mol. The van der Waals surface area contributed by atoms with Crippen molar-refractivity contribution in [1.29, 1.82) is 0 Å². The van der Waals surface area contributed by atoms with Crippen LogP contribution in [0.25, 0.3) is 0 Å². The topological polar surface area (TPSA) is 17.1 Å². The molecule has 2 heteroatoms. The fourth-order valence-electron chi connectivity index (χ4n) is 1.34. The van der Waals surface area contributed by atoms with Crippen molar-refractivity contribution in [3.63, 3.8) is 0 Å². The Bertz CT molecular complexity index is 306. The molecule has 1 rings (SSSR count). The lowest BCUT2D eigenvalue weighted by molar-refractivity contribution is -0.120. The van der Waals surface area contributed by atoms with Crippen LogP contribution in [0, 0.1) is 11.3 Å². The third-order valence-electron chi connectivity index (χ3n) is 2.99. The number of carbonyl (C=O) groups is 1. The van der Waals surface area contributed by atoms with Gasteiger partial charge in [-0.1, -0.05) is 27.7 Å². The summed E-state index contributed by atoms with van der Waals surface area (Å²) in [5.74, 6) is 0.805. The maximum Gasteiger partial charge on any atom is 0.137 e. The van der Waals surface area contributed by atoms with Gasteiger partial charge in [-0.15, -0.1) is 0 Å². The van der Waals surface area contributed by atoms with Crippen LogP contribution in [-0.4, -0.2) is 5.78 Å². The van der Waals surface area contributed by atoms with E-state index in [0.717, 1.165) is 5.56 Å². The van der Waals surface area contributed by atoms with Gasteiger partial charge in [-0.3, -0.25) is 4.79 Å². The monoisotopic (exact) mass is 224 g/mol. The van der Waals surface area contributed by atoms with Crippen molar-refractivity contribution in [1.82, 2.24) is 0 Å². The third-order valence-corrected chi connectivity index (χ3v) is 3.73. The Labute approximate surface area is 96.5 Å². The van der Waals surface area contributed by atoms with Crippen molar-refractivity contribution in [2.24, 2.45) is 11.3 Å². The van der Waals surface area contributed by atoms with Gasteiger partial charge in [-0.05, 0) is 33.7 Å². The molecular weight excluding hydrogens is 204 g/mol. The molecule has 0 aliphatic rings. The van der Waals surface area contributed by atoms with Crippen LogP contribution in [0.1, 0.15) is 39.7 Å². The molecule has 0 N–H and O–H groups in total. The van der Waals surface area contributed by atoms with Crippen molar-refractivity contribution >= 4 is 17.1 Å². The van der Waals surface area contributed by atoms with Gasteiger partial charge >= 0.3 is 0 Å². The quantitative estimate of drug-likeness (QED) is 0.757.